The summed E-state index contributed by atoms with van der Waals surface area (Å²) in [5.41, 5.74) is 0.210. The zero-order chi connectivity index (χ0) is 16.4. The predicted octanol–water partition coefficient (Wildman–Crippen LogP) is 2.37. The molecule has 0 unspecified atom stereocenters. The topological polar surface area (TPSA) is 70.6 Å². The average Bonchev–Trinajstić information content (AvgIpc) is 2.64. The highest BCUT2D eigenvalue weighted by Gasteiger charge is 2.46. The second-order valence-electron chi connectivity index (χ2n) is 6.99. The number of amides is 2. The molecule has 2 rings (SSSR count). The molecule has 1 heterocycles. The van der Waals surface area contributed by atoms with Crippen molar-refractivity contribution >= 4 is 6.03 Å². The van der Waals surface area contributed by atoms with Crippen molar-refractivity contribution in [2.75, 3.05) is 6.61 Å². The van der Waals surface area contributed by atoms with Gasteiger partial charge in [-0.05, 0) is 39.7 Å². The molecule has 5 heteroatoms. The van der Waals surface area contributed by atoms with Gasteiger partial charge in [0, 0.05) is 0 Å². The van der Waals surface area contributed by atoms with E-state index in [1.165, 1.54) is 0 Å². The zero-order valence-electron chi connectivity index (χ0n) is 13.7. The molecule has 0 saturated carbocycles. The van der Waals surface area contributed by atoms with E-state index in [0.717, 1.165) is 12.0 Å². The van der Waals surface area contributed by atoms with E-state index in [1.54, 1.807) is 0 Å². The largest absolute Gasteiger partial charge is 0.394 e. The van der Waals surface area contributed by atoms with Gasteiger partial charge in [0.1, 0.15) is 0 Å². The lowest BCUT2D eigenvalue weighted by molar-refractivity contribution is -0.0690. The number of benzene rings is 1. The van der Waals surface area contributed by atoms with E-state index in [-0.39, 0.29) is 24.3 Å². The summed E-state index contributed by atoms with van der Waals surface area (Å²) in [6.45, 7) is 7.86. The van der Waals surface area contributed by atoms with Gasteiger partial charge in [-0.1, -0.05) is 30.3 Å². The molecule has 1 aliphatic heterocycles. The Bertz CT molecular complexity index is 514. The fraction of sp³-hybridized carbons (Fsp3) is 0.588. The monoisotopic (exact) mass is 306 g/mol. The first-order valence-electron chi connectivity index (χ1n) is 7.66. The summed E-state index contributed by atoms with van der Waals surface area (Å²) in [7, 11) is 0. The number of aliphatic hydroxyl groups is 1. The first kappa shape index (κ1) is 16.8. The van der Waals surface area contributed by atoms with Gasteiger partial charge < -0.3 is 20.5 Å². The number of rotatable bonds is 4. The van der Waals surface area contributed by atoms with Crippen molar-refractivity contribution in [2.24, 2.45) is 0 Å². The molecular formula is C17H26N2O3. The molecule has 0 aromatic heterocycles. The molecule has 1 aromatic carbocycles. The average molecular weight is 306 g/mol. The van der Waals surface area contributed by atoms with Gasteiger partial charge in [0.15, 0.2) is 0 Å². The molecule has 0 spiro atoms. The minimum Gasteiger partial charge on any atom is -0.394 e. The Labute approximate surface area is 132 Å². The number of aliphatic hydroxyl groups excluding tert-OH is 1. The Balaban J connectivity index is 1.98. The third kappa shape index (κ3) is 3.99. The third-order valence-corrected chi connectivity index (χ3v) is 4.07. The van der Waals surface area contributed by atoms with E-state index in [9.17, 15) is 9.90 Å². The fourth-order valence-electron chi connectivity index (χ4n) is 3.06. The quantitative estimate of drug-likeness (QED) is 0.800. The lowest BCUT2D eigenvalue weighted by Crippen LogP contribution is -2.50. The smallest absolute Gasteiger partial charge is 0.315 e. The van der Waals surface area contributed by atoms with E-state index < -0.39 is 11.6 Å². The second kappa shape index (κ2) is 6.26. The van der Waals surface area contributed by atoms with Crippen molar-refractivity contribution in [1.29, 1.82) is 0 Å². The van der Waals surface area contributed by atoms with Gasteiger partial charge in [-0.25, -0.2) is 4.79 Å². The van der Waals surface area contributed by atoms with Gasteiger partial charge in [0.25, 0.3) is 0 Å². The van der Waals surface area contributed by atoms with Gasteiger partial charge in [-0.3, -0.25) is 0 Å². The highest BCUT2D eigenvalue weighted by molar-refractivity contribution is 5.75. The maximum atomic E-state index is 12.3. The highest BCUT2D eigenvalue weighted by Crippen LogP contribution is 2.37. The maximum Gasteiger partial charge on any atom is 0.315 e. The Morgan fingerprint density at radius 1 is 1.32 bits per heavy atom. The fourth-order valence-corrected chi connectivity index (χ4v) is 3.06. The van der Waals surface area contributed by atoms with E-state index in [2.05, 4.69) is 10.6 Å². The highest BCUT2D eigenvalue weighted by atomic mass is 16.5. The molecule has 2 amide bonds. The van der Waals surface area contributed by atoms with Crippen LogP contribution in [0.3, 0.4) is 0 Å². The minimum atomic E-state index is -0.417. The minimum absolute atomic E-state index is 0.0717. The number of carbonyl (C=O) groups excluding carboxylic acids is 1. The van der Waals surface area contributed by atoms with Crippen LogP contribution in [-0.2, 0) is 4.74 Å². The standard InChI is InChI=1S/C17H26N2O3/c1-16(2)10-14(17(3,4)22-16)19-15(21)18-13(11-20)12-8-6-5-7-9-12/h5-9,13-14,20H,10-11H2,1-4H3,(H2,18,19,21)/t13-,14+/m1/s1. The predicted molar refractivity (Wildman–Crippen MR) is 85.6 cm³/mol. The summed E-state index contributed by atoms with van der Waals surface area (Å²) in [4.78, 5) is 12.3. The molecule has 0 bridgehead atoms. The molecule has 3 N–H and O–H groups in total. The summed E-state index contributed by atoms with van der Waals surface area (Å²) in [5.74, 6) is 0. The Hall–Kier alpha value is -1.59. The van der Waals surface area contributed by atoms with Crippen LogP contribution in [0.1, 0.15) is 45.7 Å². The van der Waals surface area contributed by atoms with Crippen LogP contribution in [-0.4, -0.2) is 35.0 Å². The molecule has 2 atom stereocenters. The molecule has 0 aliphatic carbocycles. The van der Waals surface area contributed by atoms with Gasteiger partial charge in [0.05, 0.1) is 29.9 Å². The molecule has 1 saturated heterocycles. The molecular weight excluding hydrogens is 280 g/mol. The molecule has 22 heavy (non-hydrogen) atoms. The first-order valence-corrected chi connectivity index (χ1v) is 7.66. The van der Waals surface area contributed by atoms with E-state index in [1.807, 2.05) is 58.0 Å². The van der Waals surface area contributed by atoms with Crippen molar-refractivity contribution in [1.82, 2.24) is 10.6 Å². The molecule has 1 aromatic rings. The summed E-state index contributed by atoms with van der Waals surface area (Å²) in [6.07, 6.45) is 0.753. The number of hydrogen-bond donors (Lipinski definition) is 3. The molecule has 1 aliphatic rings. The zero-order valence-corrected chi connectivity index (χ0v) is 13.7. The molecule has 5 nitrogen and oxygen atoms in total. The summed E-state index contributed by atoms with van der Waals surface area (Å²) in [6, 6.07) is 8.65. The molecule has 1 fully saturated rings. The van der Waals surface area contributed by atoms with E-state index in [0.29, 0.717) is 0 Å². The van der Waals surface area contributed by atoms with Gasteiger partial charge in [-0.2, -0.15) is 0 Å². The van der Waals surface area contributed by atoms with Gasteiger partial charge in [-0.15, -0.1) is 0 Å². The molecule has 0 radical (unpaired) electrons. The van der Waals surface area contributed by atoms with E-state index >= 15 is 0 Å². The van der Waals surface area contributed by atoms with Crippen LogP contribution in [0.25, 0.3) is 0 Å². The van der Waals surface area contributed by atoms with Crippen LogP contribution >= 0.6 is 0 Å². The van der Waals surface area contributed by atoms with Crippen LogP contribution in [0.4, 0.5) is 4.79 Å². The number of urea groups is 1. The number of carbonyl (C=O) groups is 1. The maximum absolute atomic E-state index is 12.3. The number of ether oxygens (including phenoxy) is 1. The van der Waals surface area contributed by atoms with Crippen molar-refractivity contribution in [3.8, 4) is 0 Å². The van der Waals surface area contributed by atoms with E-state index in [4.69, 9.17) is 4.74 Å². The van der Waals surface area contributed by atoms with Crippen molar-refractivity contribution < 1.29 is 14.6 Å². The van der Waals surface area contributed by atoms with Crippen LogP contribution in [0.15, 0.2) is 30.3 Å². The molecule has 122 valence electrons. The Kier molecular flexibility index (Phi) is 4.78. The Morgan fingerprint density at radius 2 is 1.95 bits per heavy atom. The normalized spacial score (nSPS) is 23.8. The van der Waals surface area contributed by atoms with Crippen molar-refractivity contribution in [2.45, 2.75) is 57.4 Å². The SMILES string of the molecule is CC1(C)C[C@H](NC(=O)N[C@H](CO)c2ccccc2)C(C)(C)O1. The lowest BCUT2D eigenvalue weighted by Gasteiger charge is -2.28. The van der Waals surface area contributed by atoms with Crippen LogP contribution in [0.5, 0.6) is 0 Å². The van der Waals surface area contributed by atoms with Crippen LogP contribution in [0, 0.1) is 0 Å². The Morgan fingerprint density at radius 3 is 2.45 bits per heavy atom. The van der Waals surface area contributed by atoms with Gasteiger partial charge >= 0.3 is 6.03 Å². The van der Waals surface area contributed by atoms with Crippen molar-refractivity contribution in [3.05, 3.63) is 35.9 Å². The number of nitrogens with one attached hydrogen (secondary N) is 2. The summed E-state index contributed by atoms with van der Waals surface area (Å²) >= 11 is 0. The first-order chi connectivity index (χ1) is 10.2. The third-order valence-electron chi connectivity index (χ3n) is 4.07. The van der Waals surface area contributed by atoms with Crippen molar-refractivity contribution in [3.63, 3.8) is 0 Å². The van der Waals surface area contributed by atoms with Crippen LogP contribution in [0.2, 0.25) is 0 Å². The summed E-state index contributed by atoms with van der Waals surface area (Å²) < 4.78 is 5.97. The summed E-state index contributed by atoms with van der Waals surface area (Å²) in [5, 5.41) is 15.3. The second-order valence-corrected chi connectivity index (χ2v) is 6.99. The van der Waals surface area contributed by atoms with Crippen LogP contribution < -0.4 is 10.6 Å². The number of hydrogen-bond acceptors (Lipinski definition) is 3. The van der Waals surface area contributed by atoms with Gasteiger partial charge in [0.2, 0.25) is 0 Å². The lowest BCUT2D eigenvalue weighted by atomic mass is 9.94.